The molecule has 0 N–H and O–H groups in total. The van der Waals surface area contributed by atoms with Gasteiger partial charge in [-0.25, -0.2) is 0 Å². The Labute approximate surface area is 113 Å². The zero-order valence-electron chi connectivity index (χ0n) is 10.1. The first-order chi connectivity index (χ1) is 9.65. The van der Waals surface area contributed by atoms with E-state index in [4.69, 9.17) is 11.1 Å². The molecule has 0 fully saturated rings. The molecule has 0 saturated heterocycles. The highest BCUT2D eigenvalue weighted by Crippen LogP contribution is 2.08. The Morgan fingerprint density at radius 2 is 1.20 bits per heavy atom. The molecule has 0 aliphatic rings. The highest BCUT2D eigenvalue weighted by Gasteiger charge is 1.93. The van der Waals surface area contributed by atoms with E-state index in [-0.39, 0.29) is 0 Å². The predicted molar refractivity (Wildman–Crippen MR) is 72.8 cm³/mol. The van der Waals surface area contributed by atoms with Crippen molar-refractivity contribution in [3.05, 3.63) is 68.4 Å². The van der Waals surface area contributed by atoms with E-state index in [9.17, 15) is 9.59 Å². The quantitative estimate of drug-likeness (QED) is 0.358. The maximum Gasteiger partial charge on any atom is 0.242 e. The van der Waals surface area contributed by atoms with E-state index in [1.165, 1.54) is 12.2 Å². The molecule has 0 heterocycles. The van der Waals surface area contributed by atoms with Crippen molar-refractivity contribution in [1.82, 2.24) is 0 Å². The fraction of sp³-hybridized carbons (Fsp3) is 0. The summed E-state index contributed by atoms with van der Waals surface area (Å²) in [6.07, 6.45) is 5.29. The molecule has 20 heavy (non-hydrogen) atoms. The summed E-state index contributed by atoms with van der Waals surface area (Å²) in [5.74, 6) is -1.37. The van der Waals surface area contributed by atoms with E-state index < -0.39 is 11.8 Å². The van der Waals surface area contributed by atoms with Crippen LogP contribution in [0.15, 0.2) is 46.6 Å². The molecule has 1 aromatic carbocycles. The van der Waals surface area contributed by atoms with Gasteiger partial charge in [0.1, 0.15) is 0 Å². The Morgan fingerprint density at radius 3 is 1.50 bits per heavy atom. The van der Waals surface area contributed by atoms with Gasteiger partial charge in [0.2, 0.25) is 11.8 Å². The number of amides is 2. The monoisotopic (exact) mass is 268 g/mol. The van der Waals surface area contributed by atoms with Gasteiger partial charge >= 0.3 is 0 Å². The molecule has 1 rings (SSSR count). The van der Waals surface area contributed by atoms with Crippen LogP contribution in [0.25, 0.3) is 33.0 Å². The SMILES string of the molecule is [N-]=[N+]=NC(=O)/C=C\c1ccc(/C=C\C(=O)N=[N+]=[N-])cc1. The number of azide groups is 2. The Kier molecular flexibility index (Phi) is 5.80. The number of hydrogen-bond acceptors (Lipinski definition) is 2. The first kappa shape index (κ1) is 14.7. The molecule has 0 radical (unpaired) electrons. The molecule has 0 aliphatic carbocycles. The van der Waals surface area contributed by atoms with E-state index in [0.29, 0.717) is 0 Å². The fourth-order valence-corrected chi connectivity index (χ4v) is 1.21. The maximum atomic E-state index is 10.9. The standard InChI is InChI=1S/C12H8N6O2/c13-17-15-11(19)7-5-9-1-2-10(4-3-9)6-8-12(20)16-18-14/h1-8H/b7-5-,8-6-. The van der Waals surface area contributed by atoms with Crippen molar-refractivity contribution in [2.45, 2.75) is 0 Å². The largest absolute Gasteiger partial charge is 0.288 e. The Morgan fingerprint density at radius 1 is 0.850 bits per heavy atom. The van der Waals surface area contributed by atoms with Crippen LogP contribution in [0.5, 0.6) is 0 Å². The second-order valence-corrected chi connectivity index (χ2v) is 3.39. The minimum Gasteiger partial charge on any atom is -0.288 e. The van der Waals surface area contributed by atoms with Gasteiger partial charge < -0.3 is 0 Å². The fourth-order valence-electron chi connectivity index (χ4n) is 1.21. The Hall–Kier alpha value is -3.34. The molecule has 0 aliphatic heterocycles. The predicted octanol–water partition coefficient (Wildman–Crippen LogP) is 3.39. The van der Waals surface area contributed by atoms with Crippen LogP contribution in [0.3, 0.4) is 0 Å². The second-order valence-electron chi connectivity index (χ2n) is 3.39. The van der Waals surface area contributed by atoms with Crippen molar-refractivity contribution in [3.63, 3.8) is 0 Å². The average Bonchev–Trinajstić information content (AvgIpc) is 2.45. The van der Waals surface area contributed by atoms with Crippen molar-refractivity contribution in [2.75, 3.05) is 0 Å². The van der Waals surface area contributed by atoms with E-state index in [1.807, 2.05) is 0 Å². The van der Waals surface area contributed by atoms with E-state index in [0.717, 1.165) is 23.3 Å². The zero-order chi connectivity index (χ0) is 14.8. The third-order valence-corrected chi connectivity index (χ3v) is 2.06. The summed E-state index contributed by atoms with van der Waals surface area (Å²) in [6.45, 7) is 0. The number of hydrogen-bond donors (Lipinski definition) is 0. The molecule has 0 aromatic heterocycles. The number of nitrogens with zero attached hydrogens (tertiary/aromatic N) is 6. The third kappa shape index (κ3) is 5.33. The molecule has 0 spiro atoms. The van der Waals surface area contributed by atoms with Gasteiger partial charge in [-0.3, -0.25) is 9.59 Å². The highest BCUT2D eigenvalue weighted by molar-refractivity contribution is 5.93. The smallest absolute Gasteiger partial charge is 0.242 e. The molecule has 1 aromatic rings. The summed E-state index contributed by atoms with van der Waals surface area (Å²) in [7, 11) is 0. The van der Waals surface area contributed by atoms with Crippen molar-refractivity contribution in [2.24, 2.45) is 10.2 Å². The molecular weight excluding hydrogens is 260 g/mol. The molecule has 0 bridgehead atoms. The van der Waals surface area contributed by atoms with Crippen LogP contribution < -0.4 is 0 Å². The number of benzene rings is 1. The molecular formula is C12H8N6O2. The van der Waals surface area contributed by atoms with Crippen molar-refractivity contribution in [1.29, 1.82) is 0 Å². The maximum absolute atomic E-state index is 10.9. The molecule has 98 valence electrons. The highest BCUT2D eigenvalue weighted by atomic mass is 16.2. The van der Waals surface area contributed by atoms with Crippen LogP contribution >= 0.6 is 0 Å². The minimum atomic E-state index is -0.684. The van der Waals surface area contributed by atoms with Crippen LogP contribution in [0.4, 0.5) is 0 Å². The molecule has 2 amide bonds. The summed E-state index contributed by atoms with van der Waals surface area (Å²) in [5, 5.41) is 5.78. The van der Waals surface area contributed by atoms with E-state index in [1.54, 1.807) is 24.3 Å². The zero-order valence-corrected chi connectivity index (χ0v) is 10.1. The van der Waals surface area contributed by atoms with Crippen molar-refractivity contribution < 1.29 is 9.59 Å². The van der Waals surface area contributed by atoms with Gasteiger partial charge in [0.25, 0.3) is 0 Å². The van der Waals surface area contributed by atoms with Crippen LogP contribution in [0, 0.1) is 0 Å². The lowest BCUT2D eigenvalue weighted by molar-refractivity contribution is -0.114. The molecule has 0 atom stereocenters. The second kappa shape index (κ2) is 7.88. The lowest BCUT2D eigenvalue weighted by Crippen LogP contribution is -1.84. The van der Waals surface area contributed by atoms with Gasteiger partial charge in [-0.2, -0.15) is 0 Å². The first-order valence-corrected chi connectivity index (χ1v) is 5.30. The van der Waals surface area contributed by atoms with Gasteiger partial charge in [0, 0.05) is 9.82 Å². The Bertz CT molecular complexity index is 603. The van der Waals surface area contributed by atoms with Crippen LogP contribution in [-0.2, 0) is 9.59 Å². The molecule has 0 saturated carbocycles. The number of rotatable bonds is 4. The van der Waals surface area contributed by atoms with Crippen LogP contribution in [0.2, 0.25) is 0 Å². The topological polar surface area (TPSA) is 132 Å². The van der Waals surface area contributed by atoms with E-state index in [2.05, 4.69) is 20.1 Å². The lowest BCUT2D eigenvalue weighted by Gasteiger charge is -1.95. The Balaban J connectivity index is 2.74. The van der Waals surface area contributed by atoms with Gasteiger partial charge in [0.05, 0.1) is 0 Å². The minimum absolute atomic E-state index is 0.684. The average molecular weight is 268 g/mol. The molecule has 8 heteroatoms. The normalized spacial score (nSPS) is 10.0. The number of carbonyl (C=O) groups is 2. The van der Waals surface area contributed by atoms with Gasteiger partial charge in [-0.15, -0.1) is 0 Å². The summed E-state index contributed by atoms with van der Waals surface area (Å²) < 4.78 is 0. The van der Waals surface area contributed by atoms with Crippen molar-refractivity contribution in [3.8, 4) is 0 Å². The van der Waals surface area contributed by atoms with Crippen LogP contribution in [0.1, 0.15) is 11.1 Å². The van der Waals surface area contributed by atoms with E-state index >= 15 is 0 Å². The third-order valence-electron chi connectivity index (χ3n) is 2.06. The van der Waals surface area contributed by atoms with Gasteiger partial charge in [-0.05, 0) is 44.6 Å². The summed E-state index contributed by atoms with van der Waals surface area (Å²) in [6, 6.07) is 6.82. The molecule has 0 unspecified atom stereocenters. The van der Waals surface area contributed by atoms with Crippen LogP contribution in [-0.4, -0.2) is 11.8 Å². The van der Waals surface area contributed by atoms with Gasteiger partial charge in [0.15, 0.2) is 0 Å². The summed E-state index contributed by atoms with van der Waals surface area (Å²) >= 11 is 0. The summed E-state index contributed by atoms with van der Waals surface area (Å²) in [4.78, 5) is 26.6. The summed E-state index contributed by atoms with van der Waals surface area (Å²) in [5.41, 5.74) is 17.6. The van der Waals surface area contributed by atoms with Gasteiger partial charge in [-0.1, -0.05) is 36.4 Å². The molecule has 8 nitrogen and oxygen atoms in total. The van der Waals surface area contributed by atoms with Crippen molar-refractivity contribution >= 4 is 24.0 Å². The number of carbonyl (C=O) groups excluding carboxylic acids is 2. The first-order valence-electron chi connectivity index (χ1n) is 5.30. The lowest BCUT2D eigenvalue weighted by atomic mass is 10.1.